The number of nitrogens with zero attached hydrogens (tertiary/aromatic N) is 2. The number of nitrogens with one attached hydrogen (secondary N) is 2. The summed E-state index contributed by atoms with van der Waals surface area (Å²) in [7, 11) is 1.68. The summed E-state index contributed by atoms with van der Waals surface area (Å²) in [4.78, 5) is 39.3. The smallest absolute Gasteiger partial charge is 0.251 e. The van der Waals surface area contributed by atoms with Crippen molar-refractivity contribution in [3.8, 4) is 0 Å². The highest BCUT2D eigenvalue weighted by molar-refractivity contribution is 6.03. The van der Waals surface area contributed by atoms with E-state index in [1.54, 1.807) is 18.9 Å². The molecule has 39 heavy (non-hydrogen) atoms. The van der Waals surface area contributed by atoms with Gasteiger partial charge >= 0.3 is 0 Å². The first-order valence-corrected chi connectivity index (χ1v) is 14.8. The fraction of sp³-hybridized carbons (Fsp3) is 0.656. The molecule has 7 nitrogen and oxygen atoms in total. The summed E-state index contributed by atoms with van der Waals surface area (Å²) in [5.41, 5.74) is 4.03. The van der Waals surface area contributed by atoms with Gasteiger partial charge in [0.2, 0.25) is 12.3 Å². The SMILES string of the molecule is C/C(=C\[C@H](C(C)C)N(C)C(=O)CNC=O)C(=O)Nc1ccc2c(c1)CCC2.CC(C)N1CCCCC1.CCC. The van der Waals surface area contributed by atoms with Gasteiger partial charge in [-0.05, 0) is 95.1 Å². The molecule has 3 rings (SSSR count). The first-order chi connectivity index (χ1) is 18.5. The Morgan fingerprint density at radius 2 is 1.62 bits per heavy atom. The molecule has 0 radical (unpaired) electrons. The van der Waals surface area contributed by atoms with Gasteiger partial charge in [-0.2, -0.15) is 0 Å². The van der Waals surface area contributed by atoms with Crippen LogP contribution in [0.5, 0.6) is 0 Å². The molecule has 0 aromatic heterocycles. The Balaban J connectivity index is 0.000000524. The number of aryl methyl sites for hydroxylation is 2. The molecule has 1 atom stereocenters. The highest BCUT2D eigenvalue weighted by atomic mass is 16.2. The van der Waals surface area contributed by atoms with Crippen molar-refractivity contribution in [2.45, 2.75) is 105 Å². The first kappa shape index (κ1) is 34.4. The molecule has 1 aromatic carbocycles. The normalized spacial score (nSPS) is 15.8. The number of carbonyl (C=O) groups is 3. The summed E-state index contributed by atoms with van der Waals surface area (Å²) in [6, 6.07) is 6.60. The lowest BCUT2D eigenvalue weighted by molar-refractivity contribution is -0.132. The molecule has 0 saturated carbocycles. The lowest BCUT2D eigenvalue weighted by Gasteiger charge is -2.29. The van der Waals surface area contributed by atoms with Crippen molar-refractivity contribution < 1.29 is 14.4 Å². The van der Waals surface area contributed by atoms with Crippen molar-refractivity contribution in [3.63, 3.8) is 0 Å². The van der Waals surface area contributed by atoms with Crippen LogP contribution in [0.3, 0.4) is 0 Å². The van der Waals surface area contributed by atoms with Crippen LogP contribution in [-0.4, -0.2) is 66.8 Å². The monoisotopic (exact) mass is 542 g/mol. The van der Waals surface area contributed by atoms with Crippen LogP contribution in [0.25, 0.3) is 0 Å². The lowest BCUT2D eigenvalue weighted by atomic mass is 9.99. The number of hydrogen-bond donors (Lipinski definition) is 2. The van der Waals surface area contributed by atoms with Crippen molar-refractivity contribution in [1.82, 2.24) is 15.1 Å². The molecule has 0 bridgehead atoms. The van der Waals surface area contributed by atoms with Gasteiger partial charge in [-0.3, -0.25) is 14.4 Å². The quantitative estimate of drug-likeness (QED) is 0.315. The molecule has 1 aliphatic carbocycles. The predicted molar refractivity (Wildman–Crippen MR) is 163 cm³/mol. The second-order valence-corrected chi connectivity index (χ2v) is 11.3. The van der Waals surface area contributed by atoms with Crippen molar-refractivity contribution in [1.29, 1.82) is 0 Å². The van der Waals surface area contributed by atoms with Gasteiger partial charge < -0.3 is 20.4 Å². The number of amides is 3. The average Bonchev–Trinajstić information content (AvgIpc) is 3.39. The topological polar surface area (TPSA) is 81.8 Å². The molecule has 1 heterocycles. The summed E-state index contributed by atoms with van der Waals surface area (Å²) in [5.74, 6) is -0.257. The Labute approximate surface area is 237 Å². The minimum Gasteiger partial charge on any atom is -0.350 e. The number of hydrogen-bond acceptors (Lipinski definition) is 4. The van der Waals surface area contributed by atoms with Crippen LogP contribution in [0.2, 0.25) is 0 Å². The zero-order valence-corrected chi connectivity index (χ0v) is 25.8. The van der Waals surface area contributed by atoms with E-state index in [1.165, 1.54) is 56.3 Å². The Morgan fingerprint density at radius 3 is 2.15 bits per heavy atom. The first-order valence-electron chi connectivity index (χ1n) is 14.8. The maximum absolute atomic E-state index is 12.6. The van der Waals surface area contributed by atoms with E-state index in [1.807, 2.05) is 32.1 Å². The van der Waals surface area contributed by atoms with E-state index in [0.717, 1.165) is 24.6 Å². The molecule has 0 unspecified atom stereocenters. The van der Waals surface area contributed by atoms with E-state index in [0.29, 0.717) is 12.0 Å². The van der Waals surface area contributed by atoms with Gasteiger partial charge in [-0.1, -0.05) is 52.7 Å². The molecule has 1 saturated heterocycles. The van der Waals surface area contributed by atoms with E-state index < -0.39 is 0 Å². The number of likely N-dealkylation sites (tertiary alicyclic amines) is 1. The zero-order chi connectivity index (χ0) is 29.4. The summed E-state index contributed by atoms with van der Waals surface area (Å²) < 4.78 is 0. The summed E-state index contributed by atoms with van der Waals surface area (Å²) in [6.45, 7) is 17.1. The van der Waals surface area contributed by atoms with Crippen LogP contribution < -0.4 is 10.6 Å². The molecular weight excluding hydrogens is 488 g/mol. The molecule has 2 N–H and O–H groups in total. The number of benzene rings is 1. The molecule has 1 aliphatic heterocycles. The van der Waals surface area contributed by atoms with E-state index in [9.17, 15) is 14.4 Å². The summed E-state index contributed by atoms with van der Waals surface area (Å²) in [5, 5.41) is 5.33. The van der Waals surface area contributed by atoms with Crippen LogP contribution in [0, 0.1) is 5.92 Å². The van der Waals surface area contributed by atoms with Gasteiger partial charge in [0.05, 0.1) is 12.6 Å². The van der Waals surface area contributed by atoms with E-state index in [2.05, 4.69) is 49.3 Å². The Hall–Kier alpha value is -2.67. The molecule has 3 amide bonds. The molecule has 1 aromatic rings. The fourth-order valence-electron chi connectivity index (χ4n) is 4.82. The van der Waals surface area contributed by atoms with Gasteiger partial charge in [0.15, 0.2) is 0 Å². The van der Waals surface area contributed by atoms with Crippen LogP contribution >= 0.6 is 0 Å². The number of anilines is 1. The minimum absolute atomic E-state index is 0.0581. The predicted octanol–water partition coefficient (Wildman–Crippen LogP) is 5.59. The Morgan fingerprint density at radius 1 is 1.00 bits per heavy atom. The molecule has 1 fully saturated rings. The molecule has 0 spiro atoms. The number of rotatable bonds is 9. The third-order valence-corrected chi connectivity index (χ3v) is 7.12. The number of fused-ring (bicyclic) bond motifs is 1. The Bertz CT molecular complexity index is 920. The fourth-order valence-corrected chi connectivity index (χ4v) is 4.82. The third-order valence-electron chi connectivity index (χ3n) is 7.12. The highest BCUT2D eigenvalue weighted by Crippen LogP contribution is 2.25. The Kier molecular flexibility index (Phi) is 16.4. The average molecular weight is 543 g/mol. The summed E-state index contributed by atoms with van der Waals surface area (Å²) >= 11 is 0. The zero-order valence-electron chi connectivity index (χ0n) is 25.8. The van der Waals surface area contributed by atoms with Crippen LogP contribution in [0.15, 0.2) is 29.8 Å². The second-order valence-electron chi connectivity index (χ2n) is 11.3. The van der Waals surface area contributed by atoms with Crippen LogP contribution in [-0.2, 0) is 27.2 Å². The number of carbonyl (C=O) groups excluding carboxylic acids is 3. The maximum Gasteiger partial charge on any atom is 0.251 e. The van der Waals surface area contributed by atoms with Crippen molar-refractivity contribution in [2.75, 3.05) is 32.0 Å². The maximum atomic E-state index is 12.6. The largest absolute Gasteiger partial charge is 0.350 e. The van der Waals surface area contributed by atoms with Gasteiger partial charge in [0.1, 0.15) is 0 Å². The number of likely N-dealkylation sites (N-methyl/N-ethyl adjacent to an activating group) is 1. The van der Waals surface area contributed by atoms with Gasteiger partial charge in [0.25, 0.3) is 5.91 Å². The van der Waals surface area contributed by atoms with Gasteiger partial charge in [-0.15, -0.1) is 0 Å². The van der Waals surface area contributed by atoms with Gasteiger partial charge in [-0.25, -0.2) is 0 Å². The lowest BCUT2D eigenvalue weighted by Crippen LogP contribution is -2.43. The van der Waals surface area contributed by atoms with Crippen LogP contribution in [0.4, 0.5) is 5.69 Å². The highest BCUT2D eigenvalue weighted by Gasteiger charge is 2.22. The standard InChI is InChI=1S/C21H29N3O3.C8H17N.C3H8/c1-14(2)19(24(4)20(26)12-22-13-25)10-15(3)21(27)23-18-9-8-16-6-5-7-17(16)11-18;1-8(2)9-6-4-3-5-7-9;1-3-2/h8-11,13-14,19H,5-7,12H2,1-4H3,(H,22,25)(H,23,27);8H,3-7H2,1-2H3;3H2,1-2H3/b15-10+;;/t19-;;/m1../s1. The van der Waals surface area contributed by atoms with Crippen molar-refractivity contribution >= 4 is 23.9 Å². The van der Waals surface area contributed by atoms with E-state index >= 15 is 0 Å². The molecule has 220 valence electrons. The van der Waals surface area contributed by atoms with Crippen molar-refractivity contribution in [2.24, 2.45) is 5.92 Å². The van der Waals surface area contributed by atoms with E-state index in [4.69, 9.17) is 0 Å². The van der Waals surface area contributed by atoms with E-state index in [-0.39, 0.29) is 30.3 Å². The minimum atomic E-state index is -0.239. The van der Waals surface area contributed by atoms with Crippen LogP contribution in [0.1, 0.15) is 91.7 Å². The van der Waals surface area contributed by atoms with Crippen molar-refractivity contribution in [3.05, 3.63) is 41.0 Å². The third kappa shape index (κ3) is 12.4. The molecule has 2 aliphatic rings. The summed E-state index contributed by atoms with van der Waals surface area (Å²) in [6.07, 6.45) is 11.2. The number of piperidine rings is 1. The second kappa shape index (κ2) is 18.6. The molecule has 7 heteroatoms. The molecular formula is C32H54N4O3. The van der Waals surface area contributed by atoms with Gasteiger partial charge in [0, 0.05) is 24.4 Å².